The summed E-state index contributed by atoms with van der Waals surface area (Å²) in [5.74, 6) is -0.277. The van der Waals surface area contributed by atoms with Gasteiger partial charge in [0.05, 0.1) is 7.11 Å². The summed E-state index contributed by atoms with van der Waals surface area (Å²) in [5.41, 5.74) is 1.47. The number of ether oxygens (including phenoxy) is 1. The summed E-state index contributed by atoms with van der Waals surface area (Å²) in [6.07, 6.45) is 5.12. The van der Waals surface area contributed by atoms with Crippen LogP contribution in [-0.2, 0) is 20.7 Å². The molecule has 1 heterocycles. The summed E-state index contributed by atoms with van der Waals surface area (Å²) >= 11 is 0. The number of hydrogen-bond acceptors (Lipinski definition) is 5. The molecule has 2 aliphatic rings. The third-order valence-corrected chi connectivity index (χ3v) is 4.98. The highest BCUT2D eigenvalue weighted by Gasteiger charge is 2.37. The molecule has 1 saturated heterocycles. The highest BCUT2D eigenvalue weighted by atomic mass is 16.5. The van der Waals surface area contributed by atoms with E-state index in [0.717, 1.165) is 31.2 Å². The number of esters is 1. The van der Waals surface area contributed by atoms with Gasteiger partial charge in [-0.3, -0.25) is 14.9 Å². The number of methoxy groups -OCH3 is 1. The van der Waals surface area contributed by atoms with Gasteiger partial charge in [-0.25, -0.2) is 0 Å². The molecular weight excluding hydrogens is 308 g/mol. The van der Waals surface area contributed by atoms with Crippen LogP contribution in [0.1, 0.15) is 49.3 Å². The Labute approximate surface area is 141 Å². The zero-order chi connectivity index (χ0) is 17.1. The average Bonchev–Trinajstić information content (AvgIpc) is 2.60. The molecule has 3 atom stereocenters. The Bertz CT molecular complexity index is 631. The van der Waals surface area contributed by atoms with Crippen LogP contribution < -0.4 is 10.6 Å². The number of nitrogens with one attached hydrogen (secondary N) is 2. The van der Waals surface area contributed by atoms with Gasteiger partial charge in [-0.05, 0) is 37.0 Å². The average molecular weight is 332 g/mol. The number of amides is 1. The predicted molar refractivity (Wildman–Crippen MR) is 88.5 cm³/mol. The summed E-state index contributed by atoms with van der Waals surface area (Å²) in [7, 11) is 1.36. The van der Waals surface area contributed by atoms with Crippen LogP contribution in [-0.4, -0.2) is 36.2 Å². The maximum Gasteiger partial charge on any atom is 0.305 e. The summed E-state index contributed by atoms with van der Waals surface area (Å²) in [4.78, 5) is 23.8. The van der Waals surface area contributed by atoms with Gasteiger partial charge in [0, 0.05) is 24.1 Å². The maximum atomic E-state index is 12.5. The third kappa shape index (κ3) is 3.53. The molecule has 24 heavy (non-hydrogen) atoms. The molecule has 1 amide bonds. The summed E-state index contributed by atoms with van der Waals surface area (Å²) in [6, 6.07) is 5.04. The van der Waals surface area contributed by atoms with Crippen molar-refractivity contribution in [2.24, 2.45) is 0 Å². The lowest BCUT2D eigenvalue weighted by Crippen LogP contribution is -2.61. The van der Waals surface area contributed by atoms with Crippen molar-refractivity contribution in [3.8, 4) is 5.75 Å². The molecule has 3 rings (SSSR count). The quantitative estimate of drug-likeness (QED) is 0.729. The summed E-state index contributed by atoms with van der Waals surface area (Å²) < 4.78 is 4.65. The van der Waals surface area contributed by atoms with Crippen LogP contribution >= 0.6 is 0 Å². The fourth-order valence-corrected chi connectivity index (χ4v) is 3.63. The first-order valence-electron chi connectivity index (χ1n) is 8.53. The van der Waals surface area contributed by atoms with Gasteiger partial charge in [0.25, 0.3) is 0 Å². The van der Waals surface area contributed by atoms with Gasteiger partial charge in [-0.15, -0.1) is 0 Å². The lowest BCUT2D eigenvalue weighted by atomic mass is 9.86. The number of benzene rings is 1. The van der Waals surface area contributed by atoms with Gasteiger partial charge in [-0.1, -0.05) is 18.9 Å². The van der Waals surface area contributed by atoms with E-state index in [-0.39, 0.29) is 36.1 Å². The Kier molecular flexibility index (Phi) is 5.04. The molecule has 1 aromatic carbocycles. The molecule has 0 spiro atoms. The fraction of sp³-hybridized carbons (Fsp3) is 0.556. The van der Waals surface area contributed by atoms with Crippen LogP contribution in [0, 0.1) is 0 Å². The van der Waals surface area contributed by atoms with Gasteiger partial charge < -0.3 is 15.2 Å². The van der Waals surface area contributed by atoms with E-state index in [4.69, 9.17) is 0 Å². The molecule has 1 unspecified atom stereocenters. The first-order chi connectivity index (χ1) is 11.6. The van der Waals surface area contributed by atoms with Crippen molar-refractivity contribution in [3.05, 3.63) is 29.3 Å². The second kappa shape index (κ2) is 7.21. The van der Waals surface area contributed by atoms with Gasteiger partial charge in [0.15, 0.2) is 0 Å². The number of phenols is 1. The minimum Gasteiger partial charge on any atom is -0.508 e. The van der Waals surface area contributed by atoms with E-state index in [1.165, 1.54) is 7.11 Å². The number of aryl methyl sites for hydroxylation is 1. The van der Waals surface area contributed by atoms with Crippen molar-refractivity contribution in [3.63, 3.8) is 0 Å². The van der Waals surface area contributed by atoms with Crippen molar-refractivity contribution in [2.75, 3.05) is 7.11 Å². The second-order valence-electron chi connectivity index (χ2n) is 6.58. The molecular formula is C18H24N2O4. The van der Waals surface area contributed by atoms with E-state index >= 15 is 0 Å². The molecule has 1 saturated carbocycles. The summed E-state index contributed by atoms with van der Waals surface area (Å²) in [5, 5.41) is 16.7. The molecule has 3 N–H and O–H groups in total. The van der Waals surface area contributed by atoms with Gasteiger partial charge >= 0.3 is 5.97 Å². The van der Waals surface area contributed by atoms with E-state index in [1.807, 2.05) is 0 Å². The van der Waals surface area contributed by atoms with Crippen molar-refractivity contribution in [2.45, 2.75) is 56.7 Å². The number of piperazine rings is 1. The minimum absolute atomic E-state index is 0.0960. The molecule has 130 valence electrons. The van der Waals surface area contributed by atoms with E-state index in [2.05, 4.69) is 15.4 Å². The van der Waals surface area contributed by atoms with Crippen LogP contribution in [0.4, 0.5) is 0 Å². The number of phenolic OH excluding ortho intramolecular Hbond substituents is 1. The van der Waals surface area contributed by atoms with E-state index in [9.17, 15) is 14.7 Å². The predicted octanol–water partition coefficient (Wildman–Crippen LogP) is 1.57. The van der Waals surface area contributed by atoms with E-state index in [0.29, 0.717) is 12.0 Å². The first kappa shape index (κ1) is 16.8. The zero-order valence-corrected chi connectivity index (χ0v) is 13.9. The smallest absolute Gasteiger partial charge is 0.305 e. The normalized spacial score (nSPS) is 26.4. The van der Waals surface area contributed by atoms with Crippen molar-refractivity contribution >= 4 is 11.9 Å². The Morgan fingerprint density at radius 1 is 1.29 bits per heavy atom. The first-order valence-corrected chi connectivity index (χ1v) is 8.53. The highest BCUT2D eigenvalue weighted by Crippen LogP contribution is 2.31. The molecule has 0 bridgehead atoms. The highest BCUT2D eigenvalue weighted by molar-refractivity contribution is 5.85. The van der Waals surface area contributed by atoms with Crippen LogP contribution in [0.15, 0.2) is 18.2 Å². The fourth-order valence-electron chi connectivity index (χ4n) is 3.63. The number of aromatic hydroxyl groups is 1. The van der Waals surface area contributed by atoms with Crippen molar-refractivity contribution < 1.29 is 19.4 Å². The summed E-state index contributed by atoms with van der Waals surface area (Å²) in [6.45, 7) is 0. The largest absolute Gasteiger partial charge is 0.508 e. The molecule has 6 heteroatoms. The molecule has 0 aromatic heterocycles. The number of carbonyl (C=O) groups excluding carboxylic acids is 2. The lowest BCUT2D eigenvalue weighted by molar-refractivity contribution is -0.140. The molecule has 2 fully saturated rings. The molecule has 1 aliphatic carbocycles. The topological polar surface area (TPSA) is 87.7 Å². The monoisotopic (exact) mass is 332 g/mol. The minimum atomic E-state index is -0.553. The van der Waals surface area contributed by atoms with E-state index in [1.54, 1.807) is 18.2 Å². The number of carbonyl (C=O) groups is 2. The van der Waals surface area contributed by atoms with E-state index < -0.39 is 6.04 Å². The van der Waals surface area contributed by atoms with Crippen LogP contribution in [0.3, 0.4) is 0 Å². The number of fused-ring (bicyclic) bond motifs is 1. The van der Waals surface area contributed by atoms with Crippen LogP contribution in [0.2, 0.25) is 0 Å². The number of rotatable bonds is 4. The Hall–Kier alpha value is -2.08. The lowest BCUT2D eigenvalue weighted by Gasteiger charge is -2.40. The van der Waals surface area contributed by atoms with Crippen LogP contribution in [0.25, 0.3) is 0 Å². The van der Waals surface area contributed by atoms with Gasteiger partial charge in [0.2, 0.25) is 5.91 Å². The molecule has 0 radical (unpaired) electrons. The molecule has 1 aliphatic heterocycles. The van der Waals surface area contributed by atoms with Gasteiger partial charge in [0.1, 0.15) is 11.8 Å². The Balaban J connectivity index is 1.77. The SMILES string of the molecule is COC(=O)CCc1ccc(O)c(C2N[C@H]3CCCC[C@@H]3NC2=O)c1. The van der Waals surface area contributed by atoms with Crippen molar-refractivity contribution in [1.29, 1.82) is 0 Å². The maximum absolute atomic E-state index is 12.5. The Morgan fingerprint density at radius 3 is 2.79 bits per heavy atom. The molecule has 1 aromatic rings. The van der Waals surface area contributed by atoms with Crippen LogP contribution in [0.5, 0.6) is 5.75 Å². The molecule has 6 nitrogen and oxygen atoms in total. The third-order valence-electron chi connectivity index (χ3n) is 4.98. The van der Waals surface area contributed by atoms with Crippen molar-refractivity contribution in [1.82, 2.24) is 10.6 Å². The standard InChI is InChI=1S/C18H24N2O4/c1-24-16(22)9-7-11-6-8-15(21)12(10-11)17-18(23)20-14-5-3-2-4-13(14)19-17/h6,8,10,13-14,17,19,21H,2-5,7,9H2,1H3,(H,20,23)/t13-,14-,17?/m0/s1. The second-order valence-corrected chi connectivity index (χ2v) is 6.58. The van der Waals surface area contributed by atoms with Gasteiger partial charge in [-0.2, -0.15) is 0 Å². The Morgan fingerprint density at radius 2 is 2.04 bits per heavy atom. The zero-order valence-electron chi connectivity index (χ0n) is 13.9. The number of hydrogen-bond donors (Lipinski definition) is 3.